The molecule has 0 saturated heterocycles. The highest BCUT2D eigenvalue weighted by Crippen LogP contribution is 2.31. The SMILES string of the molecule is CCCC(=O)Oc1ccc(C[C@](N)(CCOC(=O)CC(C)(C)C)C(=O)OC)cc1OC(=O)CCC. The lowest BCUT2D eigenvalue weighted by Crippen LogP contribution is -2.51. The number of carbonyl (C=O) groups excluding carboxylic acids is 4. The molecule has 0 aliphatic heterocycles. The van der Waals surface area contributed by atoms with Crippen LogP contribution in [0.3, 0.4) is 0 Å². The van der Waals surface area contributed by atoms with Crippen LogP contribution in [-0.4, -0.2) is 43.1 Å². The smallest absolute Gasteiger partial charge is 0.326 e. The molecule has 9 nitrogen and oxygen atoms in total. The fraction of sp³-hybridized carbons (Fsp3) is 0.615. The number of hydrogen-bond acceptors (Lipinski definition) is 9. The molecular weight excluding hydrogens is 454 g/mol. The molecule has 0 aromatic heterocycles. The molecular formula is C26H39NO8. The van der Waals surface area contributed by atoms with Crippen molar-refractivity contribution >= 4 is 23.9 Å². The van der Waals surface area contributed by atoms with Gasteiger partial charge in [-0.05, 0) is 36.0 Å². The Kier molecular flexibility index (Phi) is 11.9. The zero-order chi connectivity index (χ0) is 26.6. The summed E-state index contributed by atoms with van der Waals surface area (Å²) in [6.07, 6.45) is 1.86. The zero-order valence-electron chi connectivity index (χ0n) is 21.7. The summed E-state index contributed by atoms with van der Waals surface area (Å²) in [7, 11) is 1.23. The summed E-state index contributed by atoms with van der Waals surface area (Å²) in [5, 5.41) is 0. The Bertz CT molecular complexity index is 890. The Balaban J connectivity index is 3.10. The minimum Gasteiger partial charge on any atom is -0.468 e. The van der Waals surface area contributed by atoms with Crippen LogP contribution in [0.5, 0.6) is 11.5 Å². The molecule has 0 bridgehead atoms. The summed E-state index contributed by atoms with van der Waals surface area (Å²) in [5.41, 5.74) is 5.22. The van der Waals surface area contributed by atoms with Gasteiger partial charge in [0.2, 0.25) is 0 Å². The lowest BCUT2D eigenvalue weighted by Gasteiger charge is -2.27. The van der Waals surface area contributed by atoms with Crippen LogP contribution in [0.4, 0.5) is 0 Å². The fourth-order valence-electron chi connectivity index (χ4n) is 3.24. The summed E-state index contributed by atoms with van der Waals surface area (Å²) in [6.45, 7) is 9.39. The number of hydrogen-bond donors (Lipinski definition) is 1. The highest BCUT2D eigenvalue weighted by molar-refractivity contribution is 5.81. The highest BCUT2D eigenvalue weighted by atomic mass is 16.6. The average molecular weight is 494 g/mol. The van der Waals surface area contributed by atoms with Crippen molar-refractivity contribution in [2.45, 2.75) is 85.1 Å². The Morgan fingerprint density at radius 3 is 1.97 bits per heavy atom. The van der Waals surface area contributed by atoms with Gasteiger partial charge in [0.15, 0.2) is 11.5 Å². The normalized spacial score (nSPS) is 12.9. The van der Waals surface area contributed by atoms with Crippen LogP contribution >= 0.6 is 0 Å². The molecule has 0 aliphatic rings. The first-order valence-corrected chi connectivity index (χ1v) is 11.9. The van der Waals surface area contributed by atoms with E-state index in [1.807, 2.05) is 34.6 Å². The van der Waals surface area contributed by atoms with E-state index in [1.165, 1.54) is 19.2 Å². The second-order valence-corrected chi connectivity index (χ2v) is 9.76. The summed E-state index contributed by atoms with van der Waals surface area (Å²) >= 11 is 0. The Labute approximate surface area is 207 Å². The molecule has 0 amide bonds. The molecule has 35 heavy (non-hydrogen) atoms. The minimum atomic E-state index is -1.50. The molecule has 0 saturated carbocycles. The second-order valence-electron chi connectivity index (χ2n) is 9.76. The van der Waals surface area contributed by atoms with Crippen molar-refractivity contribution in [1.29, 1.82) is 0 Å². The first-order chi connectivity index (χ1) is 16.3. The Hall–Kier alpha value is -2.94. The highest BCUT2D eigenvalue weighted by Gasteiger charge is 2.36. The van der Waals surface area contributed by atoms with Gasteiger partial charge in [-0.3, -0.25) is 19.2 Å². The molecule has 0 radical (unpaired) electrons. The van der Waals surface area contributed by atoms with Gasteiger partial charge in [-0.25, -0.2) is 0 Å². The molecule has 1 atom stereocenters. The van der Waals surface area contributed by atoms with Gasteiger partial charge in [-0.2, -0.15) is 0 Å². The fourth-order valence-corrected chi connectivity index (χ4v) is 3.24. The first kappa shape index (κ1) is 30.1. The maximum Gasteiger partial charge on any atom is 0.326 e. The Morgan fingerprint density at radius 1 is 0.886 bits per heavy atom. The number of methoxy groups -OCH3 is 1. The third-order valence-corrected chi connectivity index (χ3v) is 4.96. The van der Waals surface area contributed by atoms with Crippen LogP contribution in [0.2, 0.25) is 0 Å². The zero-order valence-corrected chi connectivity index (χ0v) is 21.7. The van der Waals surface area contributed by atoms with E-state index < -0.39 is 23.4 Å². The van der Waals surface area contributed by atoms with Crippen LogP contribution < -0.4 is 15.2 Å². The van der Waals surface area contributed by atoms with E-state index in [9.17, 15) is 19.2 Å². The van der Waals surface area contributed by atoms with Gasteiger partial charge in [0, 0.05) is 25.7 Å². The Morgan fingerprint density at radius 2 is 1.46 bits per heavy atom. The van der Waals surface area contributed by atoms with E-state index in [0.717, 1.165) is 0 Å². The van der Waals surface area contributed by atoms with E-state index in [0.29, 0.717) is 18.4 Å². The van der Waals surface area contributed by atoms with Gasteiger partial charge in [0.1, 0.15) is 5.54 Å². The van der Waals surface area contributed by atoms with E-state index in [1.54, 1.807) is 6.07 Å². The van der Waals surface area contributed by atoms with E-state index in [2.05, 4.69) is 0 Å². The van der Waals surface area contributed by atoms with Gasteiger partial charge >= 0.3 is 23.9 Å². The van der Waals surface area contributed by atoms with Gasteiger partial charge in [-0.1, -0.05) is 40.7 Å². The lowest BCUT2D eigenvalue weighted by molar-refractivity contribution is -0.152. The summed E-state index contributed by atoms with van der Waals surface area (Å²) in [6, 6.07) is 4.64. The number of carbonyl (C=O) groups is 4. The van der Waals surface area contributed by atoms with Gasteiger partial charge in [0.25, 0.3) is 0 Å². The average Bonchev–Trinajstić information content (AvgIpc) is 2.74. The third kappa shape index (κ3) is 10.9. The van der Waals surface area contributed by atoms with Crippen molar-refractivity contribution < 1.29 is 38.1 Å². The van der Waals surface area contributed by atoms with Crippen molar-refractivity contribution in [2.24, 2.45) is 11.1 Å². The van der Waals surface area contributed by atoms with Gasteiger partial charge in [-0.15, -0.1) is 0 Å². The van der Waals surface area contributed by atoms with Crippen LogP contribution in [0.25, 0.3) is 0 Å². The maximum atomic E-state index is 12.5. The molecule has 0 heterocycles. The molecule has 0 fully saturated rings. The number of ether oxygens (including phenoxy) is 4. The molecule has 0 unspecified atom stereocenters. The maximum absolute atomic E-state index is 12.5. The quantitative estimate of drug-likeness (QED) is 0.321. The molecule has 1 aromatic carbocycles. The summed E-state index contributed by atoms with van der Waals surface area (Å²) in [4.78, 5) is 48.7. The predicted molar refractivity (Wildman–Crippen MR) is 130 cm³/mol. The van der Waals surface area contributed by atoms with Crippen molar-refractivity contribution in [3.8, 4) is 11.5 Å². The number of nitrogens with two attached hydrogens (primary N) is 1. The molecule has 196 valence electrons. The monoisotopic (exact) mass is 493 g/mol. The number of benzene rings is 1. The second kappa shape index (κ2) is 13.8. The third-order valence-electron chi connectivity index (χ3n) is 4.96. The van der Waals surface area contributed by atoms with Crippen molar-refractivity contribution in [2.75, 3.05) is 13.7 Å². The van der Waals surface area contributed by atoms with Crippen molar-refractivity contribution in [3.05, 3.63) is 23.8 Å². The largest absolute Gasteiger partial charge is 0.468 e. The number of esters is 4. The van der Waals surface area contributed by atoms with E-state index in [4.69, 9.17) is 24.7 Å². The van der Waals surface area contributed by atoms with Crippen molar-refractivity contribution in [3.63, 3.8) is 0 Å². The van der Waals surface area contributed by atoms with Crippen LogP contribution in [0.1, 0.15) is 78.7 Å². The molecule has 1 aromatic rings. The summed E-state index contributed by atoms with van der Waals surface area (Å²) < 4.78 is 21.0. The van der Waals surface area contributed by atoms with Crippen LogP contribution in [0, 0.1) is 5.41 Å². The molecule has 9 heteroatoms. The van der Waals surface area contributed by atoms with Crippen LogP contribution in [0.15, 0.2) is 18.2 Å². The molecule has 0 aliphatic carbocycles. The topological polar surface area (TPSA) is 131 Å². The molecule has 2 N–H and O–H groups in total. The predicted octanol–water partition coefficient (Wildman–Crippen LogP) is 3.88. The van der Waals surface area contributed by atoms with Crippen LogP contribution in [-0.2, 0) is 35.1 Å². The van der Waals surface area contributed by atoms with Crippen molar-refractivity contribution in [1.82, 2.24) is 0 Å². The van der Waals surface area contributed by atoms with Gasteiger partial charge in [0.05, 0.1) is 20.1 Å². The lowest BCUT2D eigenvalue weighted by atomic mass is 9.88. The molecule has 0 spiro atoms. The minimum absolute atomic E-state index is 0.0119. The standard InChI is InChI=1S/C26H39NO8/c1-7-9-21(28)34-19-12-11-18(15-20(19)35-22(29)10-8-2)16-26(27,24(31)32-6)13-14-33-23(30)17-25(3,4)5/h11-12,15H,7-10,13-14,16-17,27H2,1-6H3/t26-/m1/s1. The van der Waals surface area contributed by atoms with Gasteiger partial charge < -0.3 is 24.7 Å². The number of rotatable bonds is 13. The molecule has 1 rings (SSSR count). The summed E-state index contributed by atoms with van der Waals surface area (Å²) in [5.74, 6) is -1.81. The first-order valence-electron chi connectivity index (χ1n) is 11.9. The van der Waals surface area contributed by atoms with E-state index in [-0.39, 0.29) is 61.6 Å². The van der Waals surface area contributed by atoms with E-state index >= 15 is 0 Å².